The number of carboxylic acids is 1. The lowest BCUT2D eigenvalue weighted by Gasteiger charge is -2.05. The van der Waals surface area contributed by atoms with E-state index in [0.717, 1.165) is 17.9 Å². The number of para-hydroxylation sites is 1. The highest BCUT2D eigenvalue weighted by Gasteiger charge is 1.96. The van der Waals surface area contributed by atoms with Gasteiger partial charge in [-0.1, -0.05) is 37.9 Å². The normalized spacial score (nSPS) is 8.23. The molecule has 1 rings (SSSR count). The maximum absolute atomic E-state index is 10.6. The minimum atomic E-state index is -0.981. The van der Waals surface area contributed by atoms with E-state index in [-0.39, 0.29) is 12.6 Å². The first-order valence-corrected chi connectivity index (χ1v) is 7.34. The molecule has 0 fully saturated rings. The minimum Gasteiger partial charge on any atom is -0.490 e. The van der Waals surface area contributed by atoms with Crippen LogP contribution in [0.4, 0.5) is 0 Å². The molecule has 1 aromatic rings. The summed E-state index contributed by atoms with van der Waals surface area (Å²) in [6, 6.07) is 9.35. The maximum atomic E-state index is 10.6. The zero-order chi connectivity index (χ0) is 20.4. The second-order valence-electron chi connectivity index (χ2n) is 4.35. The fraction of sp³-hybridized carbons (Fsp3) is 0.211. The first-order valence-electron chi connectivity index (χ1n) is 7.34. The summed E-state index contributed by atoms with van der Waals surface area (Å²) in [7, 11) is 1.33. The third-order valence-corrected chi connectivity index (χ3v) is 2.21. The first-order chi connectivity index (χ1) is 12.3. The Labute approximate surface area is 153 Å². The number of aliphatic carboxylic acids is 1. The Morgan fingerprint density at radius 3 is 1.96 bits per heavy atom. The van der Waals surface area contributed by atoms with Crippen LogP contribution in [0.5, 0.6) is 5.75 Å². The number of ether oxygens (including phenoxy) is 3. The van der Waals surface area contributed by atoms with Gasteiger partial charge in [0.1, 0.15) is 19.0 Å². The zero-order valence-electron chi connectivity index (χ0n) is 15.0. The smallest absolute Gasteiger partial charge is 0.332 e. The quantitative estimate of drug-likeness (QED) is 0.451. The van der Waals surface area contributed by atoms with Crippen LogP contribution in [0.15, 0.2) is 67.8 Å². The van der Waals surface area contributed by atoms with Gasteiger partial charge in [0.15, 0.2) is 0 Å². The molecule has 7 heteroatoms. The highest BCUT2D eigenvalue weighted by atomic mass is 16.6. The molecule has 0 radical (unpaired) electrons. The molecule has 0 saturated carbocycles. The number of benzene rings is 1. The van der Waals surface area contributed by atoms with E-state index in [2.05, 4.69) is 24.5 Å². The number of methoxy groups -OCH3 is 1. The lowest BCUT2D eigenvalue weighted by molar-refractivity contribution is -0.138. The van der Waals surface area contributed by atoms with E-state index in [0.29, 0.717) is 12.2 Å². The van der Waals surface area contributed by atoms with Gasteiger partial charge in [0.2, 0.25) is 0 Å². The third-order valence-electron chi connectivity index (χ3n) is 2.21. The number of rotatable bonds is 7. The van der Waals surface area contributed by atoms with E-state index in [9.17, 15) is 14.4 Å². The second kappa shape index (κ2) is 16.5. The van der Waals surface area contributed by atoms with Crippen LogP contribution < -0.4 is 4.74 Å². The Morgan fingerprint density at radius 2 is 1.62 bits per heavy atom. The van der Waals surface area contributed by atoms with Crippen molar-refractivity contribution in [3.63, 3.8) is 0 Å². The van der Waals surface area contributed by atoms with E-state index in [1.54, 1.807) is 6.92 Å². The van der Waals surface area contributed by atoms with Crippen molar-refractivity contribution < 1.29 is 33.7 Å². The predicted molar refractivity (Wildman–Crippen MR) is 97.8 cm³/mol. The van der Waals surface area contributed by atoms with E-state index in [1.165, 1.54) is 7.11 Å². The van der Waals surface area contributed by atoms with Crippen LogP contribution in [0.3, 0.4) is 0 Å². The first kappa shape index (κ1) is 24.9. The van der Waals surface area contributed by atoms with Crippen LogP contribution in [0.1, 0.15) is 6.92 Å². The van der Waals surface area contributed by atoms with E-state index in [4.69, 9.17) is 14.6 Å². The van der Waals surface area contributed by atoms with Gasteiger partial charge in [-0.25, -0.2) is 14.4 Å². The van der Waals surface area contributed by atoms with Gasteiger partial charge in [0.05, 0.1) is 7.11 Å². The van der Waals surface area contributed by atoms with Crippen LogP contribution in [-0.4, -0.2) is 43.3 Å². The Bertz CT molecular complexity index is 591. The van der Waals surface area contributed by atoms with E-state index < -0.39 is 11.9 Å². The van der Waals surface area contributed by atoms with Gasteiger partial charge < -0.3 is 19.3 Å². The summed E-state index contributed by atoms with van der Waals surface area (Å²) < 4.78 is 14.3. The van der Waals surface area contributed by atoms with Crippen LogP contribution in [0.25, 0.3) is 0 Å². The number of hydrogen-bond donors (Lipinski definition) is 1. The zero-order valence-corrected chi connectivity index (χ0v) is 15.0. The van der Waals surface area contributed by atoms with Crippen LogP contribution in [-0.2, 0) is 23.9 Å². The molecule has 142 valence electrons. The van der Waals surface area contributed by atoms with Gasteiger partial charge in [-0.3, -0.25) is 0 Å². The summed E-state index contributed by atoms with van der Waals surface area (Å²) >= 11 is 0. The molecule has 0 unspecified atom stereocenters. The van der Waals surface area contributed by atoms with Crippen molar-refractivity contribution in [2.24, 2.45) is 0 Å². The summed E-state index contributed by atoms with van der Waals surface area (Å²) in [5.41, 5.74) is 0.433. The molecule has 0 aliphatic rings. The van der Waals surface area contributed by atoms with Crippen LogP contribution in [0.2, 0.25) is 0 Å². The van der Waals surface area contributed by atoms with Gasteiger partial charge in [0, 0.05) is 17.7 Å². The van der Waals surface area contributed by atoms with Crippen LogP contribution >= 0.6 is 0 Å². The molecule has 0 aliphatic heterocycles. The molecule has 7 nitrogen and oxygen atoms in total. The molecule has 26 heavy (non-hydrogen) atoms. The van der Waals surface area contributed by atoms with E-state index in [1.807, 2.05) is 30.3 Å². The Morgan fingerprint density at radius 1 is 1.08 bits per heavy atom. The average molecular weight is 364 g/mol. The molecular formula is C19H24O7. The fourth-order valence-electron chi connectivity index (χ4n) is 1.05. The van der Waals surface area contributed by atoms with Crippen molar-refractivity contribution >= 4 is 17.9 Å². The highest BCUT2D eigenvalue weighted by molar-refractivity contribution is 5.86. The van der Waals surface area contributed by atoms with Crippen molar-refractivity contribution in [3.05, 3.63) is 67.8 Å². The summed E-state index contributed by atoms with van der Waals surface area (Å²) in [5.74, 6) is -0.992. The van der Waals surface area contributed by atoms with Crippen molar-refractivity contribution in [2.45, 2.75) is 6.92 Å². The van der Waals surface area contributed by atoms with E-state index >= 15 is 0 Å². The largest absolute Gasteiger partial charge is 0.490 e. The number of carboxylic acid groups (broad SMARTS) is 1. The number of esters is 2. The van der Waals surface area contributed by atoms with Crippen molar-refractivity contribution in [2.75, 3.05) is 20.3 Å². The van der Waals surface area contributed by atoms with Crippen molar-refractivity contribution in [1.82, 2.24) is 0 Å². The predicted octanol–water partition coefficient (Wildman–Crippen LogP) is 2.79. The number of carbonyl (C=O) groups excluding carboxylic acids is 2. The minimum absolute atomic E-state index is 0.236. The van der Waals surface area contributed by atoms with Gasteiger partial charge in [-0.2, -0.15) is 0 Å². The van der Waals surface area contributed by atoms with Crippen molar-refractivity contribution in [3.8, 4) is 5.75 Å². The molecule has 0 aromatic heterocycles. The van der Waals surface area contributed by atoms with Gasteiger partial charge in [0.25, 0.3) is 0 Å². The lowest BCUT2D eigenvalue weighted by Crippen LogP contribution is -2.09. The SMILES string of the molecule is C=C(C)C(=O)OC.C=CC(=O)O.C=CC(=O)OCCOc1ccccc1. The van der Waals surface area contributed by atoms with Gasteiger partial charge in [-0.05, 0) is 19.1 Å². The molecule has 0 spiro atoms. The molecule has 0 bridgehead atoms. The Hall–Kier alpha value is -3.35. The number of hydrogen-bond acceptors (Lipinski definition) is 6. The second-order valence-corrected chi connectivity index (χ2v) is 4.35. The van der Waals surface area contributed by atoms with Crippen molar-refractivity contribution in [1.29, 1.82) is 0 Å². The highest BCUT2D eigenvalue weighted by Crippen LogP contribution is 2.07. The average Bonchev–Trinajstić information content (AvgIpc) is 2.65. The third kappa shape index (κ3) is 17.0. The van der Waals surface area contributed by atoms with Gasteiger partial charge in [-0.15, -0.1) is 0 Å². The summed E-state index contributed by atoms with van der Waals surface area (Å²) in [4.78, 5) is 30.1. The Kier molecular flexibility index (Phi) is 15.8. The molecule has 0 aliphatic carbocycles. The summed E-state index contributed by atoms with van der Waals surface area (Å²) in [6.07, 6.45) is 1.96. The molecule has 0 heterocycles. The topological polar surface area (TPSA) is 99.1 Å². The molecule has 0 saturated heterocycles. The lowest BCUT2D eigenvalue weighted by atomic mass is 10.3. The molecule has 1 N–H and O–H groups in total. The Balaban J connectivity index is 0. The standard InChI is InChI=1S/C11H12O3.C5H8O2.C3H4O2/c1-2-11(12)14-9-8-13-10-6-4-3-5-7-10;1-4(2)5(6)7-3;1-2-3(4)5/h2-7H,1,8-9H2;1H2,2-3H3;2H,1H2,(H,4,5). The molecule has 0 amide bonds. The molecular weight excluding hydrogens is 340 g/mol. The van der Waals surface area contributed by atoms with Crippen LogP contribution in [0, 0.1) is 0 Å². The monoisotopic (exact) mass is 364 g/mol. The fourth-order valence-corrected chi connectivity index (χ4v) is 1.05. The maximum Gasteiger partial charge on any atom is 0.332 e. The summed E-state index contributed by atoms with van der Waals surface area (Å²) in [5, 5.41) is 7.60. The molecule has 1 aromatic carbocycles. The number of carbonyl (C=O) groups is 3. The molecule has 0 atom stereocenters. The van der Waals surface area contributed by atoms with Gasteiger partial charge >= 0.3 is 17.9 Å². The summed E-state index contributed by atoms with van der Waals surface area (Å²) in [6.45, 7) is 11.8.